The van der Waals surface area contributed by atoms with Gasteiger partial charge in [-0.1, -0.05) is 6.07 Å². The molecule has 0 radical (unpaired) electrons. The molecule has 3 N–H and O–H groups in total. The van der Waals surface area contributed by atoms with E-state index in [2.05, 4.69) is 5.32 Å². The van der Waals surface area contributed by atoms with E-state index in [0.717, 1.165) is 22.7 Å². The summed E-state index contributed by atoms with van der Waals surface area (Å²) >= 11 is -2.74. The molecule has 5 rings (SSSR count). The van der Waals surface area contributed by atoms with E-state index in [0.29, 0.717) is 27.7 Å². The number of carbonyl (C=O) groups excluding carboxylic acids is 1. The molecule has 3 aromatic carbocycles. The lowest BCUT2D eigenvalue weighted by Crippen LogP contribution is -2.33. The number of halogens is 1. The maximum Gasteiger partial charge on any atom is 0.489 e. The second-order valence-corrected chi connectivity index (χ2v) is 10.1. The Labute approximate surface area is 226 Å². The van der Waals surface area contributed by atoms with Crippen LogP contribution in [0.5, 0.6) is 0 Å². The van der Waals surface area contributed by atoms with Gasteiger partial charge in [0.2, 0.25) is 0 Å². The number of nitrogens with zero attached hydrogens (tertiary/aromatic N) is 2. The molecule has 1 unspecified atom stereocenters. The van der Waals surface area contributed by atoms with Crippen molar-refractivity contribution in [2.24, 2.45) is 0 Å². The van der Waals surface area contributed by atoms with Gasteiger partial charge in [0.05, 0.1) is 23.7 Å². The molecule has 1 atom stereocenters. The number of anilines is 1. The monoisotopic (exact) mass is 546 g/mol. The molecule has 1 fully saturated rings. The highest BCUT2D eigenvalue weighted by Gasteiger charge is 2.30. The number of carbonyl (C=O) groups is 1. The number of amides is 1. The molecule has 1 heterocycles. The molecule has 198 valence electrons. The first kappa shape index (κ1) is 26.6. The minimum Gasteiger partial charge on any atom is -0.755 e. The van der Waals surface area contributed by atoms with E-state index in [1.807, 2.05) is 12.1 Å². The molecular weight excluding hydrogens is 524 g/mol. The van der Waals surface area contributed by atoms with Crippen molar-refractivity contribution in [1.29, 1.82) is 5.26 Å². The number of hydrogen-bond donors (Lipinski definition) is 3. The Morgan fingerprint density at radius 1 is 1.23 bits per heavy atom. The van der Waals surface area contributed by atoms with Crippen molar-refractivity contribution >= 4 is 46.4 Å². The summed E-state index contributed by atoms with van der Waals surface area (Å²) in [5.74, 6) is -0.361. The number of fused-ring (bicyclic) bond motifs is 1. The number of nitriles is 1. The summed E-state index contributed by atoms with van der Waals surface area (Å²) in [6.07, 6.45) is 1.80. The van der Waals surface area contributed by atoms with Crippen LogP contribution in [0.3, 0.4) is 0 Å². The first-order valence-electron chi connectivity index (χ1n) is 12.1. The first-order valence-corrected chi connectivity index (χ1v) is 13.1. The lowest BCUT2D eigenvalue weighted by atomic mass is 9.77. The Hall–Kier alpha value is -4.02. The zero-order chi connectivity index (χ0) is 27.8. The zero-order valence-electron chi connectivity index (χ0n) is 20.7. The summed E-state index contributed by atoms with van der Waals surface area (Å²) in [6.45, 7) is -0.0916. The molecule has 0 saturated heterocycles. The fraction of sp³-hybridized carbons (Fsp3) is 0.185. The van der Waals surface area contributed by atoms with Gasteiger partial charge in [-0.05, 0) is 83.9 Å². The van der Waals surface area contributed by atoms with Gasteiger partial charge >= 0.3 is 7.12 Å². The average molecular weight is 546 g/mol. The molecule has 1 aliphatic rings. The third-order valence-corrected chi connectivity index (χ3v) is 7.44. The average Bonchev–Trinajstić information content (AvgIpc) is 3.71. The molecule has 9 nitrogen and oxygen atoms in total. The minimum atomic E-state index is -2.74. The Bertz CT molecular complexity index is 1650. The van der Waals surface area contributed by atoms with Crippen molar-refractivity contribution in [2.45, 2.75) is 25.3 Å². The minimum absolute atomic E-state index is 0.0383. The highest BCUT2D eigenvalue weighted by atomic mass is 32.2. The van der Waals surface area contributed by atoms with Crippen molar-refractivity contribution in [3.8, 4) is 17.4 Å². The van der Waals surface area contributed by atoms with E-state index in [-0.39, 0.29) is 40.8 Å². The summed E-state index contributed by atoms with van der Waals surface area (Å²) in [6, 6.07) is 15.0. The Morgan fingerprint density at radius 2 is 1.95 bits per heavy atom. The van der Waals surface area contributed by atoms with Crippen LogP contribution in [-0.2, 0) is 17.8 Å². The van der Waals surface area contributed by atoms with Crippen molar-refractivity contribution in [2.75, 3.05) is 11.4 Å². The lowest BCUT2D eigenvalue weighted by molar-refractivity contribution is 0.0964. The molecular formula is C27H22BFN3O6S-. The summed E-state index contributed by atoms with van der Waals surface area (Å²) < 4.78 is 45.4. The fourth-order valence-electron chi connectivity index (χ4n) is 4.67. The van der Waals surface area contributed by atoms with Crippen molar-refractivity contribution in [3.63, 3.8) is 0 Å². The normalized spacial score (nSPS) is 13.6. The molecule has 12 heteroatoms. The molecule has 1 aromatic heterocycles. The number of furan rings is 1. The van der Waals surface area contributed by atoms with Crippen LogP contribution in [0.2, 0.25) is 0 Å². The topological polar surface area (TPSA) is 150 Å². The van der Waals surface area contributed by atoms with Gasteiger partial charge in [-0.15, -0.1) is 0 Å². The van der Waals surface area contributed by atoms with Gasteiger partial charge in [-0.25, -0.2) is 4.39 Å². The highest BCUT2D eigenvalue weighted by Crippen LogP contribution is 2.45. The smallest absolute Gasteiger partial charge is 0.489 e. The van der Waals surface area contributed by atoms with Crippen LogP contribution >= 0.6 is 0 Å². The SMILES string of the molecule is CNC(=O)c1c(-c2ccc(F)cc2)oc2cc(CN(c3ccc(B(O)O)c(C#N)c3)S(=O)[O-])c(C3CC3)cc12. The molecule has 0 spiro atoms. The van der Waals surface area contributed by atoms with Gasteiger partial charge in [0.25, 0.3) is 5.91 Å². The summed E-state index contributed by atoms with van der Waals surface area (Å²) in [5.41, 5.74) is 2.76. The Morgan fingerprint density at radius 3 is 2.54 bits per heavy atom. The van der Waals surface area contributed by atoms with Gasteiger partial charge in [0, 0.05) is 35.0 Å². The number of hydrogen-bond acceptors (Lipinski definition) is 7. The predicted molar refractivity (Wildman–Crippen MR) is 143 cm³/mol. The van der Waals surface area contributed by atoms with Crippen molar-refractivity contribution in [1.82, 2.24) is 5.32 Å². The third-order valence-electron chi connectivity index (χ3n) is 6.74. The number of nitrogens with one attached hydrogen (secondary N) is 1. The van der Waals surface area contributed by atoms with Gasteiger partial charge in [0.15, 0.2) is 0 Å². The molecule has 1 aliphatic carbocycles. The number of benzene rings is 3. The summed E-state index contributed by atoms with van der Waals surface area (Å²) in [4.78, 5) is 12.9. The molecule has 1 amide bonds. The summed E-state index contributed by atoms with van der Waals surface area (Å²) in [5, 5.41) is 31.6. The zero-order valence-corrected chi connectivity index (χ0v) is 21.5. The van der Waals surface area contributed by atoms with Crippen LogP contribution in [0.25, 0.3) is 22.3 Å². The van der Waals surface area contributed by atoms with Crippen LogP contribution in [0, 0.1) is 17.1 Å². The maximum atomic E-state index is 13.6. The van der Waals surface area contributed by atoms with Crippen LogP contribution in [0.15, 0.2) is 59.0 Å². The van der Waals surface area contributed by atoms with Gasteiger partial charge in [-0.3, -0.25) is 13.3 Å². The van der Waals surface area contributed by atoms with Gasteiger partial charge in [-0.2, -0.15) is 5.26 Å². The van der Waals surface area contributed by atoms with E-state index < -0.39 is 24.2 Å². The lowest BCUT2D eigenvalue weighted by Gasteiger charge is -2.28. The maximum absolute atomic E-state index is 13.6. The largest absolute Gasteiger partial charge is 0.755 e. The van der Waals surface area contributed by atoms with E-state index >= 15 is 0 Å². The Balaban J connectivity index is 1.64. The summed E-state index contributed by atoms with van der Waals surface area (Å²) in [7, 11) is -0.378. The van der Waals surface area contributed by atoms with Gasteiger partial charge in [0.1, 0.15) is 17.2 Å². The molecule has 39 heavy (non-hydrogen) atoms. The van der Waals surface area contributed by atoms with Crippen LogP contribution < -0.4 is 15.1 Å². The highest BCUT2D eigenvalue weighted by molar-refractivity contribution is 7.80. The van der Waals surface area contributed by atoms with E-state index in [1.54, 1.807) is 6.07 Å². The second kappa shape index (κ2) is 10.6. The molecule has 0 bridgehead atoms. The predicted octanol–water partition coefficient (Wildman–Crippen LogP) is 2.83. The van der Waals surface area contributed by atoms with E-state index in [4.69, 9.17) is 4.42 Å². The van der Waals surface area contributed by atoms with Crippen molar-refractivity contribution < 1.29 is 32.4 Å². The fourth-order valence-corrected chi connectivity index (χ4v) is 5.20. The van der Waals surface area contributed by atoms with Crippen molar-refractivity contribution in [3.05, 3.63) is 82.7 Å². The molecule has 4 aromatic rings. The number of rotatable bonds is 8. The van der Waals surface area contributed by atoms with Crippen LogP contribution in [0.4, 0.5) is 10.1 Å². The third kappa shape index (κ3) is 5.17. The molecule has 1 saturated carbocycles. The van der Waals surface area contributed by atoms with Crippen LogP contribution in [-0.4, -0.2) is 38.9 Å². The van der Waals surface area contributed by atoms with Gasteiger partial charge < -0.3 is 24.3 Å². The van der Waals surface area contributed by atoms with E-state index in [1.165, 1.54) is 49.5 Å². The molecule has 0 aliphatic heterocycles. The van der Waals surface area contributed by atoms with E-state index in [9.17, 15) is 33.3 Å². The van der Waals surface area contributed by atoms with Crippen LogP contribution in [0.1, 0.15) is 45.8 Å². The Kier molecular flexibility index (Phi) is 7.24. The standard InChI is InChI=1S/C27H23BFN3O6S/c1-31-27(33)25-22-12-21(15-2-3-15)18(11-24(22)38-26(25)16-4-6-19(29)7-5-16)14-32(39(36)37)20-8-9-23(28(34)35)17(10-20)13-30/h4-12,15,34-35H,2-3,14H2,1H3,(H,31,33)(H,36,37)/p-1. The quantitative estimate of drug-likeness (QED) is 0.227. The first-order chi connectivity index (χ1) is 18.7. The second-order valence-electron chi connectivity index (χ2n) is 9.22.